The molecule has 0 aromatic carbocycles. The number of unbranched alkanes of at least 4 members (excludes halogenated alkanes) is 6. The Labute approximate surface area is 168 Å². The lowest BCUT2D eigenvalue weighted by Gasteiger charge is -2.29. The first-order valence-electron chi connectivity index (χ1n) is 10.8. The molecule has 4 atom stereocenters. The van der Waals surface area contributed by atoms with Gasteiger partial charge in [0.25, 0.3) is 0 Å². The van der Waals surface area contributed by atoms with Crippen LogP contribution in [0.4, 0.5) is 0 Å². The molecule has 28 heavy (non-hydrogen) atoms. The molecule has 0 radical (unpaired) electrons. The molecule has 1 aliphatic carbocycles. The van der Waals surface area contributed by atoms with Gasteiger partial charge in [0.2, 0.25) is 0 Å². The van der Waals surface area contributed by atoms with Crippen LogP contribution < -0.4 is 0 Å². The van der Waals surface area contributed by atoms with Crippen molar-refractivity contribution in [2.45, 2.75) is 71.1 Å². The van der Waals surface area contributed by atoms with E-state index in [0.29, 0.717) is 6.42 Å². The zero-order valence-electron chi connectivity index (χ0n) is 17.2. The summed E-state index contributed by atoms with van der Waals surface area (Å²) in [6.07, 6.45) is 18.0. The average Bonchev–Trinajstić information content (AvgIpc) is 3.00. The van der Waals surface area contributed by atoms with Crippen molar-refractivity contribution < 1.29 is 23.9 Å². The minimum Gasteiger partial charge on any atom is -0.469 e. The van der Waals surface area contributed by atoms with Crippen molar-refractivity contribution in [3.63, 3.8) is 0 Å². The predicted molar refractivity (Wildman–Crippen MR) is 107 cm³/mol. The van der Waals surface area contributed by atoms with Crippen molar-refractivity contribution in [3.8, 4) is 0 Å². The van der Waals surface area contributed by atoms with Crippen LogP contribution in [0.2, 0.25) is 0 Å². The highest BCUT2D eigenvalue weighted by Crippen LogP contribution is 2.43. The highest BCUT2D eigenvalue weighted by molar-refractivity contribution is 5.97. The Balaban J connectivity index is 1.85. The molecule has 156 valence electrons. The number of rotatable bonds is 12. The fourth-order valence-corrected chi connectivity index (χ4v) is 4.21. The Bertz CT molecular complexity index is 592. The van der Waals surface area contributed by atoms with Crippen LogP contribution in [0.5, 0.6) is 0 Å². The van der Waals surface area contributed by atoms with E-state index in [0.717, 1.165) is 44.9 Å². The Morgan fingerprint density at radius 2 is 1.79 bits per heavy atom. The summed E-state index contributed by atoms with van der Waals surface area (Å²) < 4.78 is 9.64. The molecule has 0 saturated carbocycles. The van der Waals surface area contributed by atoms with Crippen LogP contribution in [0.25, 0.3) is 0 Å². The van der Waals surface area contributed by atoms with Gasteiger partial charge in [-0.1, -0.05) is 63.3 Å². The van der Waals surface area contributed by atoms with Gasteiger partial charge in [-0.25, -0.2) is 0 Å². The number of fused-ring (bicyclic) bond motifs is 1. The normalized spacial score (nSPS) is 26.5. The third-order valence-electron chi connectivity index (χ3n) is 5.82. The van der Waals surface area contributed by atoms with Crippen molar-refractivity contribution in [2.75, 3.05) is 7.11 Å². The zero-order chi connectivity index (χ0) is 20.4. The Hall–Kier alpha value is -1.91. The number of esters is 3. The second-order valence-corrected chi connectivity index (χ2v) is 7.87. The molecule has 0 N–H and O–H groups in total. The molecule has 5 heteroatoms. The van der Waals surface area contributed by atoms with Crippen molar-refractivity contribution >= 4 is 17.9 Å². The molecule has 1 fully saturated rings. The number of hydrogen-bond donors (Lipinski definition) is 0. The van der Waals surface area contributed by atoms with Crippen molar-refractivity contribution in [2.24, 2.45) is 23.7 Å². The van der Waals surface area contributed by atoms with E-state index in [1.807, 2.05) is 0 Å². The molecule has 2 aliphatic rings. The highest BCUT2D eigenvalue weighted by atomic mass is 16.6. The van der Waals surface area contributed by atoms with Gasteiger partial charge in [-0.3, -0.25) is 14.4 Å². The van der Waals surface area contributed by atoms with Gasteiger partial charge in [0, 0.05) is 12.3 Å². The van der Waals surface area contributed by atoms with Gasteiger partial charge in [0.05, 0.1) is 18.9 Å². The molecule has 0 amide bonds. The monoisotopic (exact) mass is 390 g/mol. The molecular weight excluding hydrogens is 356 g/mol. The minimum absolute atomic E-state index is 0.0399. The zero-order valence-corrected chi connectivity index (χ0v) is 17.2. The van der Waals surface area contributed by atoms with Gasteiger partial charge in [-0.2, -0.15) is 0 Å². The number of ether oxygens (including phenoxy) is 2. The van der Waals surface area contributed by atoms with E-state index in [1.165, 1.54) is 20.0 Å². The summed E-state index contributed by atoms with van der Waals surface area (Å²) in [7, 11) is 1.41. The summed E-state index contributed by atoms with van der Waals surface area (Å²) in [5.41, 5.74) is 0. The third kappa shape index (κ3) is 6.32. The molecule has 2 rings (SSSR count). The van der Waals surface area contributed by atoms with Crippen molar-refractivity contribution in [1.82, 2.24) is 0 Å². The lowest BCUT2D eigenvalue weighted by atomic mass is 9.70. The molecule has 1 aliphatic heterocycles. The molecule has 0 aromatic rings. The fourth-order valence-electron chi connectivity index (χ4n) is 4.21. The summed E-state index contributed by atoms with van der Waals surface area (Å²) >= 11 is 0. The van der Waals surface area contributed by atoms with Crippen LogP contribution in [0.3, 0.4) is 0 Å². The average molecular weight is 391 g/mol. The standard InChI is InChI=1S/C23H34O5/c1-3-4-5-6-9-12-17-15-16-18(21-20(17)22(25)28-23(21)26)13-10-7-8-11-14-19(24)27-2/h9,12,15-18,20-21H,3-8,10-11,13-14H2,1-2H3/b12-9-/t17-,18+,20-,21+/m0/s1. The van der Waals surface area contributed by atoms with E-state index >= 15 is 0 Å². The van der Waals surface area contributed by atoms with Crippen LogP contribution in [0.1, 0.15) is 71.1 Å². The summed E-state index contributed by atoms with van der Waals surface area (Å²) in [6, 6.07) is 0. The van der Waals surface area contributed by atoms with Gasteiger partial charge in [0.1, 0.15) is 0 Å². The topological polar surface area (TPSA) is 69.7 Å². The number of allylic oxidation sites excluding steroid dienone is 4. The number of carbonyl (C=O) groups is 3. The van der Waals surface area contributed by atoms with E-state index in [4.69, 9.17) is 4.74 Å². The molecule has 0 unspecified atom stereocenters. The Kier molecular flexibility index (Phi) is 9.45. The fraction of sp³-hybridized carbons (Fsp3) is 0.696. The third-order valence-corrected chi connectivity index (χ3v) is 5.82. The predicted octanol–water partition coefficient (Wildman–Crippen LogP) is 4.75. The van der Waals surface area contributed by atoms with E-state index in [9.17, 15) is 14.4 Å². The molecule has 0 spiro atoms. The van der Waals surface area contributed by atoms with E-state index in [2.05, 4.69) is 36.0 Å². The Morgan fingerprint density at radius 1 is 1.04 bits per heavy atom. The second-order valence-electron chi connectivity index (χ2n) is 7.87. The van der Waals surface area contributed by atoms with E-state index < -0.39 is 0 Å². The molecule has 5 nitrogen and oxygen atoms in total. The molecule has 0 aromatic heterocycles. The molecule has 0 bridgehead atoms. The number of hydrogen-bond acceptors (Lipinski definition) is 5. The van der Waals surface area contributed by atoms with Crippen LogP contribution in [-0.2, 0) is 23.9 Å². The van der Waals surface area contributed by atoms with Gasteiger partial charge >= 0.3 is 17.9 Å². The summed E-state index contributed by atoms with van der Waals surface area (Å²) in [6.45, 7) is 2.18. The maximum Gasteiger partial charge on any atom is 0.318 e. The summed E-state index contributed by atoms with van der Waals surface area (Å²) in [4.78, 5) is 35.7. The van der Waals surface area contributed by atoms with Crippen LogP contribution >= 0.6 is 0 Å². The largest absolute Gasteiger partial charge is 0.469 e. The lowest BCUT2D eigenvalue weighted by molar-refractivity contribution is -0.154. The number of carbonyl (C=O) groups excluding carboxylic acids is 3. The van der Waals surface area contributed by atoms with Gasteiger partial charge in [-0.05, 0) is 31.6 Å². The van der Waals surface area contributed by atoms with Crippen LogP contribution in [-0.4, -0.2) is 25.0 Å². The smallest absolute Gasteiger partial charge is 0.318 e. The molecular formula is C23H34O5. The molecule has 1 saturated heterocycles. The lowest BCUT2D eigenvalue weighted by Crippen LogP contribution is -2.33. The number of cyclic esters (lactones) is 2. The minimum atomic E-state index is -0.371. The molecule has 1 heterocycles. The first kappa shape index (κ1) is 22.4. The maximum absolute atomic E-state index is 12.3. The van der Waals surface area contributed by atoms with Crippen molar-refractivity contribution in [1.29, 1.82) is 0 Å². The van der Waals surface area contributed by atoms with E-state index in [-0.39, 0.29) is 41.6 Å². The van der Waals surface area contributed by atoms with Gasteiger partial charge in [0.15, 0.2) is 0 Å². The van der Waals surface area contributed by atoms with Crippen LogP contribution in [0.15, 0.2) is 24.3 Å². The first-order chi connectivity index (χ1) is 13.6. The van der Waals surface area contributed by atoms with Gasteiger partial charge in [-0.15, -0.1) is 0 Å². The van der Waals surface area contributed by atoms with E-state index in [1.54, 1.807) is 0 Å². The second kappa shape index (κ2) is 11.8. The quantitative estimate of drug-likeness (QED) is 0.208. The number of methoxy groups -OCH3 is 1. The highest BCUT2D eigenvalue weighted by Gasteiger charge is 2.51. The first-order valence-corrected chi connectivity index (χ1v) is 10.8. The van der Waals surface area contributed by atoms with Gasteiger partial charge < -0.3 is 9.47 Å². The SMILES string of the molecule is CCCCC/C=C\[C@H]1C=C[C@@H](CCCCCCC(=O)OC)[C@H]2C(=O)OC(=O)[C@H]21. The van der Waals surface area contributed by atoms with Crippen LogP contribution in [0, 0.1) is 23.7 Å². The maximum atomic E-state index is 12.3. The summed E-state index contributed by atoms with van der Waals surface area (Å²) in [5, 5.41) is 0. The summed E-state index contributed by atoms with van der Waals surface area (Å²) in [5.74, 6) is -1.59. The van der Waals surface area contributed by atoms with Crippen molar-refractivity contribution in [3.05, 3.63) is 24.3 Å². The Morgan fingerprint density at radius 3 is 2.54 bits per heavy atom.